The Morgan fingerprint density at radius 2 is 2.50 bits per heavy atom. The summed E-state index contributed by atoms with van der Waals surface area (Å²) >= 11 is 1.45. The normalized spacial score (nSPS) is 22.5. The fourth-order valence-corrected chi connectivity index (χ4v) is 1.65. The lowest BCUT2D eigenvalue weighted by molar-refractivity contribution is 0.0250. The Morgan fingerprint density at radius 3 is 3.14 bits per heavy atom. The molecule has 78 valence electrons. The molecule has 0 saturated carbocycles. The first kappa shape index (κ1) is 9.95. The highest BCUT2D eigenvalue weighted by Gasteiger charge is 2.17. The van der Waals surface area contributed by atoms with Gasteiger partial charge in [-0.3, -0.25) is 0 Å². The van der Waals surface area contributed by atoms with Gasteiger partial charge in [-0.1, -0.05) is 11.8 Å². The van der Waals surface area contributed by atoms with Crippen LogP contribution in [0.15, 0.2) is 9.64 Å². The van der Waals surface area contributed by atoms with Crippen LogP contribution in [0.2, 0.25) is 0 Å². The third-order valence-electron chi connectivity index (χ3n) is 2.03. The Kier molecular flexibility index (Phi) is 3.39. The zero-order valence-corrected chi connectivity index (χ0v) is 8.84. The van der Waals surface area contributed by atoms with Crippen LogP contribution in [0, 0.1) is 0 Å². The summed E-state index contributed by atoms with van der Waals surface area (Å²) in [6, 6.07) is 0. The Balaban J connectivity index is 1.89. The molecular formula is C8H13N3O2S. The number of ether oxygens (including phenoxy) is 1. The van der Waals surface area contributed by atoms with Crippen LogP contribution in [-0.4, -0.2) is 42.3 Å². The molecule has 1 unspecified atom stereocenters. The highest BCUT2D eigenvalue weighted by atomic mass is 32.2. The van der Waals surface area contributed by atoms with Crippen molar-refractivity contribution < 1.29 is 9.15 Å². The predicted molar refractivity (Wildman–Crippen MR) is 52.4 cm³/mol. The van der Waals surface area contributed by atoms with Crippen molar-refractivity contribution in [1.82, 2.24) is 15.5 Å². The summed E-state index contributed by atoms with van der Waals surface area (Å²) in [4.78, 5) is 0. The Morgan fingerprint density at radius 1 is 1.57 bits per heavy atom. The van der Waals surface area contributed by atoms with E-state index < -0.39 is 0 Å². The summed E-state index contributed by atoms with van der Waals surface area (Å²) in [6.07, 6.45) is 2.77. The Bertz CT molecular complexity index is 286. The van der Waals surface area contributed by atoms with Gasteiger partial charge in [0.05, 0.1) is 19.1 Å². The molecule has 14 heavy (non-hydrogen) atoms. The van der Waals surface area contributed by atoms with Crippen LogP contribution >= 0.6 is 11.8 Å². The molecule has 1 aliphatic rings. The Hall–Kier alpha value is -0.590. The van der Waals surface area contributed by atoms with Crippen LogP contribution in [0.5, 0.6) is 0 Å². The van der Waals surface area contributed by atoms with Crippen LogP contribution in [0.1, 0.15) is 5.89 Å². The summed E-state index contributed by atoms with van der Waals surface area (Å²) in [6.45, 7) is 2.54. The molecule has 1 N–H and O–H groups in total. The fraction of sp³-hybridized carbons (Fsp3) is 0.750. The largest absolute Gasteiger partial charge is 0.416 e. The molecule has 5 nitrogen and oxygen atoms in total. The van der Waals surface area contributed by atoms with E-state index in [-0.39, 0.29) is 6.10 Å². The summed E-state index contributed by atoms with van der Waals surface area (Å²) < 4.78 is 10.9. The van der Waals surface area contributed by atoms with Crippen LogP contribution in [-0.2, 0) is 11.2 Å². The Labute approximate surface area is 86.6 Å². The van der Waals surface area contributed by atoms with Crippen molar-refractivity contribution in [3.05, 3.63) is 5.89 Å². The second-order valence-electron chi connectivity index (χ2n) is 3.07. The highest BCUT2D eigenvalue weighted by molar-refractivity contribution is 7.98. The average Bonchev–Trinajstić information content (AvgIpc) is 2.67. The lowest BCUT2D eigenvalue weighted by atomic mass is 10.2. The lowest BCUT2D eigenvalue weighted by Crippen LogP contribution is -2.39. The van der Waals surface area contributed by atoms with E-state index in [2.05, 4.69) is 15.5 Å². The first-order valence-corrected chi connectivity index (χ1v) is 5.79. The van der Waals surface area contributed by atoms with E-state index in [9.17, 15) is 0 Å². The standard InChI is InChI=1S/C8H13N3O2S/c1-14-8-11-10-7(13-8)4-6-5-9-2-3-12-6/h6,9H,2-5H2,1H3. The van der Waals surface area contributed by atoms with Crippen LogP contribution in [0.4, 0.5) is 0 Å². The molecule has 1 atom stereocenters. The van der Waals surface area contributed by atoms with Gasteiger partial charge in [-0.05, 0) is 6.26 Å². The summed E-state index contributed by atoms with van der Waals surface area (Å²) in [5.41, 5.74) is 0. The van der Waals surface area contributed by atoms with E-state index in [1.807, 2.05) is 6.26 Å². The van der Waals surface area contributed by atoms with E-state index in [1.54, 1.807) is 0 Å². The topological polar surface area (TPSA) is 60.2 Å². The van der Waals surface area contributed by atoms with Gasteiger partial charge in [0.1, 0.15) is 0 Å². The third-order valence-corrected chi connectivity index (χ3v) is 2.54. The third kappa shape index (κ3) is 2.46. The molecule has 0 radical (unpaired) electrons. The smallest absolute Gasteiger partial charge is 0.276 e. The van der Waals surface area contributed by atoms with Gasteiger partial charge in [0.25, 0.3) is 5.22 Å². The number of nitrogens with one attached hydrogen (secondary N) is 1. The zero-order chi connectivity index (χ0) is 9.80. The zero-order valence-electron chi connectivity index (χ0n) is 8.02. The monoisotopic (exact) mass is 215 g/mol. The van der Waals surface area contributed by atoms with Gasteiger partial charge in [0, 0.05) is 13.1 Å². The first-order valence-electron chi connectivity index (χ1n) is 4.57. The van der Waals surface area contributed by atoms with E-state index in [0.29, 0.717) is 17.5 Å². The molecule has 0 bridgehead atoms. The van der Waals surface area contributed by atoms with Crippen LogP contribution in [0.3, 0.4) is 0 Å². The maximum atomic E-state index is 5.53. The minimum Gasteiger partial charge on any atom is -0.416 e. The van der Waals surface area contributed by atoms with E-state index in [0.717, 1.165) is 19.7 Å². The molecule has 1 saturated heterocycles. The van der Waals surface area contributed by atoms with Crippen molar-refractivity contribution in [2.24, 2.45) is 0 Å². The molecule has 1 fully saturated rings. The molecular weight excluding hydrogens is 202 g/mol. The number of aromatic nitrogens is 2. The van der Waals surface area contributed by atoms with E-state index >= 15 is 0 Å². The first-order chi connectivity index (χ1) is 6.88. The SMILES string of the molecule is CSc1nnc(CC2CNCCO2)o1. The molecule has 6 heteroatoms. The summed E-state index contributed by atoms with van der Waals surface area (Å²) in [7, 11) is 0. The van der Waals surface area contributed by atoms with Gasteiger partial charge < -0.3 is 14.5 Å². The average molecular weight is 215 g/mol. The van der Waals surface area contributed by atoms with Gasteiger partial charge >= 0.3 is 0 Å². The molecule has 0 aliphatic carbocycles. The van der Waals surface area contributed by atoms with Crippen molar-refractivity contribution in [1.29, 1.82) is 0 Å². The molecule has 2 heterocycles. The molecule has 1 aromatic rings. The number of thioether (sulfide) groups is 1. The molecule has 1 aliphatic heterocycles. The molecule has 1 aromatic heterocycles. The minimum atomic E-state index is 0.166. The molecule has 2 rings (SSSR count). The second-order valence-corrected chi connectivity index (χ2v) is 3.82. The maximum Gasteiger partial charge on any atom is 0.276 e. The van der Waals surface area contributed by atoms with Gasteiger partial charge in [0.2, 0.25) is 5.89 Å². The fourth-order valence-electron chi connectivity index (χ4n) is 1.35. The van der Waals surface area contributed by atoms with Crippen molar-refractivity contribution in [3.63, 3.8) is 0 Å². The van der Waals surface area contributed by atoms with Crippen molar-refractivity contribution in [3.8, 4) is 0 Å². The molecule has 0 amide bonds. The highest BCUT2D eigenvalue weighted by Crippen LogP contribution is 2.13. The van der Waals surface area contributed by atoms with Crippen LogP contribution < -0.4 is 5.32 Å². The van der Waals surface area contributed by atoms with Crippen LogP contribution in [0.25, 0.3) is 0 Å². The lowest BCUT2D eigenvalue weighted by Gasteiger charge is -2.21. The second kappa shape index (κ2) is 4.77. The van der Waals surface area contributed by atoms with Gasteiger partial charge in [-0.25, -0.2) is 0 Å². The van der Waals surface area contributed by atoms with Gasteiger partial charge in [-0.2, -0.15) is 0 Å². The number of hydrogen-bond donors (Lipinski definition) is 1. The molecule has 0 spiro atoms. The van der Waals surface area contributed by atoms with E-state index in [1.165, 1.54) is 11.8 Å². The number of rotatable bonds is 3. The van der Waals surface area contributed by atoms with Crippen molar-refractivity contribution >= 4 is 11.8 Å². The number of nitrogens with zero attached hydrogens (tertiary/aromatic N) is 2. The van der Waals surface area contributed by atoms with Crippen molar-refractivity contribution in [2.45, 2.75) is 17.7 Å². The molecule has 0 aromatic carbocycles. The number of morpholine rings is 1. The summed E-state index contributed by atoms with van der Waals surface area (Å²) in [5.74, 6) is 0.656. The van der Waals surface area contributed by atoms with Gasteiger partial charge in [-0.15, -0.1) is 10.2 Å². The van der Waals surface area contributed by atoms with Crippen molar-refractivity contribution in [2.75, 3.05) is 26.0 Å². The summed E-state index contributed by atoms with van der Waals surface area (Å²) in [5, 5.41) is 11.7. The van der Waals surface area contributed by atoms with Gasteiger partial charge in [0.15, 0.2) is 0 Å². The maximum absolute atomic E-state index is 5.53. The minimum absolute atomic E-state index is 0.166. The van der Waals surface area contributed by atoms with E-state index in [4.69, 9.17) is 9.15 Å². The quantitative estimate of drug-likeness (QED) is 0.733. The predicted octanol–water partition coefficient (Wildman–Crippen LogP) is 0.322. The number of hydrogen-bond acceptors (Lipinski definition) is 6.